The fourth-order valence-electron chi connectivity index (χ4n) is 1.35. The summed E-state index contributed by atoms with van der Waals surface area (Å²) in [6, 6.07) is 3.88. The number of fused-ring (bicyclic) bond motifs is 1. The number of imidazole rings is 1. The van der Waals surface area contributed by atoms with E-state index in [9.17, 15) is 0 Å². The predicted molar refractivity (Wildman–Crippen MR) is 51.1 cm³/mol. The molecule has 0 N–H and O–H groups in total. The van der Waals surface area contributed by atoms with Crippen LogP contribution in [0.15, 0.2) is 24.5 Å². The normalized spacial score (nSPS) is 10.6. The summed E-state index contributed by atoms with van der Waals surface area (Å²) >= 11 is 0. The van der Waals surface area contributed by atoms with Crippen LogP contribution in [0.5, 0.6) is 5.75 Å². The third kappa shape index (κ3) is 1.49. The summed E-state index contributed by atoms with van der Waals surface area (Å²) in [7, 11) is 0. The average molecular weight is 176 g/mol. The van der Waals surface area contributed by atoms with Gasteiger partial charge in [-0.3, -0.25) is 0 Å². The monoisotopic (exact) mass is 176 g/mol. The molecule has 3 heteroatoms. The quantitative estimate of drug-likeness (QED) is 0.700. The summed E-state index contributed by atoms with van der Waals surface area (Å²) in [5.74, 6) is 0.876. The van der Waals surface area contributed by atoms with Gasteiger partial charge in [-0.05, 0) is 19.9 Å². The Morgan fingerprint density at radius 2 is 2.38 bits per heavy atom. The van der Waals surface area contributed by atoms with Crippen molar-refractivity contribution >= 4 is 5.65 Å². The molecule has 0 aliphatic carbocycles. The fraction of sp³-hybridized carbons (Fsp3) is 0.300. The third-order valence-corrected chi connectivity index (χ3v) is 1.86. The van der Waals surface area contributed by atoms with Crippen molar-refractivity contribution < 1.29 is 4.74 Å². The van der Waals surface area contributed by atoms with Gasteiger partial charge in [-0.15, -0.1) is 0 Å². The van der Waals surface area contributed by atoms with Crippen LogP contribution in [0.3, 0.4) is 0 Å². The lowest BCUT2D eigenvalue weighted by Gasteiger charge is -2.01. The second-order valence-electron chi connectivity index (χ2n) is 2.94. The van der Waals surface area contributed by atoms with Gasteiger partial charge in [-0.2, -0.15) is 0 Å². The molecule has 0 atom stereocenters. The topological polar surface area (TPSA) is 26.5 Å². The van der Waals surface area contributed by atoms with E-state index >= 15 is 0 Å². The van der Waals surface area contributed by atoms with Crippen LogP contribution in [-0.4, -0.2) is 16.0 Å². The highest BCUT2D eigenvalue weighted by atomic mass is 16.5. The smallest absolute Gasteiger partial charge is 0.140 e. The standard InChI is InChI=1S/C10H12N2O/c1-3-13-9-4-5-12-7-8(2)11-10(12)6-9/h4-7H,3H2,1-2H3. The predicted octanol–water partition coefficient (Wildman–Crippen LogP) is 2.04. The van der Waals surface area contributed by atoms with Crippen molar-refractivity contribution in [2.45, 2.75) is 13.8 Å². The second kappa shape index (κ2) is 3.09. The van der Waals surface area contributed by atoms with Crippen LogP contribution in [0, 0.1) is 6.92 Å². The van der Waals surface area contributed by atoms with Crippen LogP contribution in [0.25, 0.3) is 5.65 Å². The minimum Gasteiger partial charge on any atom is -0.494 e. The van der Waals surface area contributed by atoms with Crippen LogP contribution in [-0.2, 0) is 0 Å². The van der Waals surface area contributed by atoms with Gasteiger partial charge in [0.25, 0.3) is 0 Å². The van der Waals surface area contributed by atoms with E-state index in [1.54, 1.807) is 0 Å². The summed E-state index contributed by atoms with van der Waals surface area (Å²) in [6.45, 7) is 4.64. The van der Waals surface area contributed by atoms with Crippen LogP contribution in [0.4, 0.5) is 0 Å². The minimum atomic E-state index is 0.690. The average Bonchev–Trinajstić information content (AvgIpc) is 2.44. The molecule has 0 aliphatic heterocycles. The van der Waals surface area contributed by atoms with Gasteiger partial charge in [0.1, 0.15) is 11.4 Å². The lowest BCUT2D eigenvalue weighted by Crippen LogP contribution is -1.92. The third-order valence-electron chi connectivity index (χ3n) is 1.86. The first kappa shape index (κ1) is 8.10. The highest BCUT2D eigenvalue weighted by Gasteiger charge is 1.98. The molecule has 0 fully saturated rings. The van der Waals surface area contributed by atoms with E-state index in [1.807, 2.05) is 42.8 Å². The molecule has 2 aromatic rings. The van der Waals surface area contributed by atoms with Gasteiger partial charge in [0.2, 0.25) is 0 Å². The van der Waals surface area contributed by atoms with E-state index in [4.69, 9.17) is 4.74 Å². The summed E-state index contributed by atoms with van der Waals surface area (Å²) in [5.41, 5.74) is 1.96. The van der Waals surface area contributed by atoms with E-state index in [2.05, 4.69) is 4.98 Å². The molecule has 0 spiro atoms. The number of aryl methyl sites for hydroxylation is 1. The van der Waals surface area contributed by atoms with Crippen molar-refractivity contribution in [2.24, 2.45) is 0 Å². The Morgan fingerprint density at radius 1 is 1.54 bits per heavy atom. The maximum absolute atomic E-state index is 5.37. The molecule has 0 aromatic carbocycles. The Bertz CT molecular complexity index is 420. The Kier molecular flexibility index (Phi) is 1.93. The van der Waals surface area contributed by atoms with E-state index in [0.717, 1.165) is 17.1 Å². The zero-order valence-electron chi connectivity index (χ0n) is 7.82. The molecular weight excluding hydrogens is 164 g/mol. The molecule has 0 aliphatic rings. The van der Waals surface area contributed by atoms with Crippen molar-refractivity contribution in [2.75, 3.05) is 6.61 Å². The molecule has 13 heavy (non-hydrogen) atoms. The molecule has 3 nitrogen and oxygen atoms in total. The minimum absolute atomic E-state index is 0.690. The van der Waals surface area contributed by atoms with Crippen molar-refractivity contribution in [3.63, 3.8) is 0 Å². The van der Waals surface area contributed by atoms with Crippen molar-refractivity contribution in [1.82, 2.24) is 9.38 Å². The van der Waals surface area contributed by atoms with Gasteiger partial charge in [0.15, 0.2) is 0 Å². The van der Waals surface area contributed by atoms with Crippen LogP contribution in [0.1, 0.15) is 12.6 Å². The van der Waals surface area contributed by atoms with Gasteiger partial charge in [-0.25, -0.2) is 4.98 Å². The first-order chi connectivity index (χ1) is 6.29. The highest BCUT2D eigenvalue weighted by molar-refractivity contribution is 5.45. The lowest BCUT2D eigenvalue weighted by molar-refractivity contribution is 0.340. The molecule has 2 heterocycles. The highest BCUT2D eigenvalue weighted by Crippen LogP contribution is 2.13. The molecule has 0 saturated heterocycles. The summed E-state index contributed by atoms with van der Waals surface area (Å²) in [4.78, 5) is 4.34. The molecular formula is C10H12N2O. The van der Waals surface area contributed by atoms with Crippen LogP contribution in [0.2, 0.25) is 0 Å². The van der Waals surface area contributed by atoms with Crippen LogP contribution < -0.4 is 4.74 Å². The second-order valence-corrected chi connectivity index (χ2v) is 2.94. The number of ether oxygens (including phenoxy) is 1. The first-order valence-electron chi connectivity index (χ1n) is 4.38. The molecule has 0 amide bonds. The molecule has 0 saturated carbocycles. The van der Waals surface area contributed by atoms with Gasteiger partial charge in [0, 0.05) is 18.5 Å². The largest absolute Gasteiger partial charge is 0.494 e. The van der Waals surface area contributed by atoms with Gasteiger partial charge in [0.05, 0.1) is 12.3 Å². The number of nitrogens with zero attached hydrogens (tertiary/aromatic N) is 2. The Morgan fingerprint density at radius 3 is 3.15 bits per heavy atom. The van der Waals surface area contributed by atoms with E-state index in [1.165, 1.54) is 0 Å². The maximum atomic E-state index is 5.37. The maximum Gasteiger partial charge on any atom is 0.140 e. The number of hydrogen-bond acceptors (Lipinski definition) is 2. The molecule has 2 aromatic heterocycles. The molecule has 68 valence electrons. The number of aromatic nitrogens is 2. The molecule has 0 radical (unpaired) electrons. The Hall–Kier alpha value is -1.51. The zero-order chi connectivity index (χ0) is 9.26. The zero-order valence-corrected chi connectivity index (χ0v) is 7.82. The fourth-order valence-corrected chi connectivity index (χ4v) is 1.35. The summed E-state index contributed by atoms with van der Waals surface area (Å²) in [6.07, 6.45) is 3.95. The first-order valence-corrected chi connectivity index (χ1v) is 4.38. The van der Waals surface area contributed by atoms with Gasteiger partial charge >= 0.3 is 0 Å². The lowest BCUT2D eigenvalue weighted by atomic mass is 10.4. The Labute approximate surface area is 77.0 Å². The SMILES string of the molecule is CCOc1ccn2cc(C)nc2c1. The number of pyridine rings is 1. The Balaban J connectivity index is 2.48. The summed E-state index contributed by atoms with van der Waals surface area (Å²) in [5, 5.41) is 0. The number of hydrogen-bond donors (Lipinski definition) is 0. The van der Waals surface area contributed by atoms with Crippen LogP contribution >= 0.6 is 0 Å². The van der Waals surface area contributed by atoms with E-state index < -0.39 is 0 Å². The van der Waals surface area contributed by atoms with E-state index in [-0.39, 0.29) is 0 Å². The molecule has 2 rings (SSSR count). The van der Waals surface area contributed by atoms with Crippen molar-refractivity contribution in [1.29, 1.82) is 0 Å². The molecule has 0 unspecified atom stereocenters. The van der Waals surface area contributed by atoms with E-state index in [0.29, 0.717) is 6.61 Å². The summed E-state index contributed by atoms with van der Waals surface area (Å²) < 4.78 is 7.35. The number of rotatable bonds is 2. The van der Waals surface area contributed by atoms with Crippen molar-refractivity contribution in [3.05, 3.63) is 30.2 Å². The molecule has 0 bridgehead atoms. The van der Waals surface area contributed by atoms with Gasteiger partial charge in [-0.1, -0.05) is 0 Å². The van der Waals surface area contributed by atoms with Gasteiger partial charge < -0.3 is 9.14 Å². The van der Waals surface area contributed by atoms with Crippen molar-refractivity contribution in [3.8, 4) is 5.75 Å².